The number of methoxy groups -OCH3 is 1. The van der Waals surface area contributed by atoms with Crippen molar-refractivity contribution in [3.63, 3.8) is 0 Å². The molecule has 1 aromatic rings. The summed E-state index contributed by atoms with van der Waals surface area (Å²) in [6.07, 6.45) is 0.106. The Hall–Kier alpha value is -1.63. The van der Waals surface area contributed by atoms with E-state index in [1.165, 1.54) is 18.4 Å². The Bertz CT molecular complexity index is 391. The number of carbonyl (C=O) groups excluding carboxylic acids is 2. The van der Waals surface area contributed by atoms with Crippen LogP contribution in [-0.2, 0) is 20.7 Å². The van der Waals surface area contributed by atoms with E-state index in [-0.39, 0.29) is 12.3 Å². The van der Waals surface area contributed by atoms with Crippen molar-refractivity contribution < 1.29 is 14.3 Å². The van der Waals surface area contributed by atoms with Crippen LogP contribution in [0, 0.1) is 0 Å². The van der Waals surface area contributed by atoms with Crippen LogP contribution in [0.25, 0.3) is 0 Å². The van der Waals surface area contributed by atoms with Crippen molar-refractivity contribution in [2.45, 2.75) is 19.4 Å². The average Bonchev–Trinajstić information content (AvgIpc) is 2.62. The molecular formula is C9H13N3O3S. The van der Waals surface area contributed by atoms with Gasteiger partial charge in [0.05, 0.1) is 19.2 Å². The van der Waals surface area contributed by atoms with Gasteiger partial charge in [0.1, 0.15) is 6.04 Å². The number of nitrogens with zero attached hydrogens (tertiary/aromatic N) is 1. The predicted octanol–water partition coefficient (Wildman–Crippen LogP) is -0.0545. The number of rotatable bonds is 4. The van der Waals surface area contributed by atoms with E-state index in [1.54, 1.807) is 12.3 Å². The van der Waals surface area contributed by atoms with Crippen molar-refractivity contribution in [1.29, 1.82) is 0 Å². The Kier molecular flexibility index (Phi) is 4.24. The summed E-state index contributed by atoms with van der Waals surface area (Å²) >= 11 is 1.27. The SMILES string of the molecule is COC(=O)C(C)NC(=O)Cc1csc(N)n1. The zero-order valence-electron chi connectivity index (χ0n) is 9.02. The van der Waals surface area contributed by atoms with Gasteiger partial charge in [-0.3, -0.25) is 4.79 Å². The summed E-state index contributed by atoms with van der Waals surface area (Å²) in [6.45, 7) is 1.55. The lowest BCUT2D eigenvalue weighted by Crippen LogP contribution is -2.39. The van der Waals surface area contributed by atoms with Gasteiger partial charge in [-0.05, 0) is 6.92 Å². The summed E-state index contributed by atoms with van der Waals surface area (Å²) in [5.74, 6) is -0.769. The number of hydrogen-bond donors (Lipinski definition) is 2. The van der Waals surface area contributed by atoms with Crippen LogP contribution in [0.5, 0.6) is 0 Å². The van der Waals surface area contributed by atoms with E-state index in [4.69, 9.17) is 5.73 Å². The first kappa shape index (κ1) is 12.4. The third-order valence-corrected chi connectivity index (χ3v) is 2.57. The molecule has 16 heavy (non-hydrogen) atoms. The monoisotopic (exact) mass is 243 g/mol. The molecule has 0 aliphatic rings. The first-order chi connectivity index (χ1) is 7.52. The van der Waals surface area contributed by atoms with Gasteiger partial charge in [0.25, 0.3) is 0 Å². The van der Waals surface area contributed by atoms with Gasteiger partial charge in [-0.15, -0.1) is 11.3 Å². The number of anilines is 1. The van der Waals surface area contributed by atoms with E-state index in [0.717, 1.165) is 0 Å². The molecule has 0 aliphatic carbocycles. The van der Waals surface area contributed by atoms with Crippen molar-refractivity contribution in [2.24, 2.45) is 0 Å². The molecule has 0 radical (unpaired) electrons. The van der Waals surface area contributed by atoms with Crippen LogP contribution in [-0.4, -0.2) is 30.0 Å². The van der Waals surface area contributed by atoms with E-state index in [1.807, 2.05) is 0 Å². The smallest absolute Gasteiger partial charge is 0.328 e. The largest absolute Gasteiger partial charge is 0.467 e. The second-order valence-corrected chi connectivity index (χ2v) is 4.06. The van der Waals surface area contributed by atoms with Gasteiger partial charge >= 0.3 is 5.97 Å². The van der Waals surface area contributed by atoms with Gasteiger partial charge in [-0.25, -0.2) is 9.78 Å². The Morgan fingerprint density at radius 1 is 1.69 bits per heavy atom. The average molecular weight is 243 g/mol. The van der Waals surface area contributed by atoms with E-state index in [2.05, 4.69) is 15.0 Å². The lowest BCUT2D eigenvalue weighted by Gasteiger charge is -2.10. The standard InChI is InChI=1S/C9H13N3O3S/c1-5(8(14)15-2)11-7(13)3-6-4-16-9(10)12-6/h4-5H,3H2,1-2H3,(H2,10,12)(H,11,13). The summed E-state index contributed by atoms with van der Waals surface area (Å²) in [5, 5.41) is 4.62. The molecule has 88 valence electrons. The molecule has 0 spiro atoms. The summed E-state index contributed by atoms with van der Waals surface area (Å²) in [6, 6.07) is -0.659. The predicted molar refractivity (Wildman–Crippen MR) is 59.9 cm³/mol. The quantitative estimate of drug-likeness (QED) is 0.723. The molecule has 0 fully saturated rings. The van der Waals surface area contributed by atoms with E-state index >= 15 is 0 Å². The van der Waals surface area contributed by atoms with Crippen molar-refractivity contribution >= 4 is 28.3 Å². The molecule has 0 saturated heterocycles. The first-order valence-corrected chi connectivity index (χ1v) is 5.48. The van der Waals surface area contributed by atoms with Gasteiger partial charge in [0, 0.05) is 5.38 Å². The van der Waals surface area contributed by atoms with Gasteiger partial charge < -0.3 is 15.8 Å². The Labute approximate surface area is 96.8 Å². The number of hydrogen-bond acceptors (Lipinski definition) is 6. The van der Waals surface area contributed by atoms with E-state index in [0.29, 0.717) is 10.8 Å². The molecule has 1 aromatic heterocycles. The third-order valence-electron chi connectivity index (χ3n) is 1.84. The van der Waals surface area contributed by atoms with Gasteiger partial charge in [0.2, 0.25) is 5.91 Å². The number of amides is 1. The maximum atomic E-state index is 11.5. The third kappa shape index (κ3) is 3.50. The normalized spacial score (nSPS) is 11.9. The topological polar surface area (TPSA) is 94.3 Å². The van der Waals surface area contributed by atoms with Crippen LogP contribution in [0.4, 0.5) is 5.13 Å². The fourth-order valence-corrected chi connectivity index (χ4v) is 1.66. The molecule has 7 heteroatoms. The number of nitrogen functional groups attached to an aromatic ring is 1. The zero-order chi connectivity index (χ0) is 12.1. The Morgan fingerprint density at radius 2 is 2.38 bits per heavy atom. The molecule has 1 unspecified atom stereocenters. The highest BCUT2D eigenvalue weighted by molar-refractivity contribution is 7.13. The number of carbonyl (C=O) groups is 2. The molecule has 1 amide bonds. The van der Waals surface area contributed by atoms with Crippen LogP contribution in [0.3, 0.4) is 0 Å². The van der Waals surface area contributed by atoms with Crippen molar-refractivity contribution in [1.82, 2.24) is 10.3 Å². The number of nitrogens with one attached hydrogen (secondary N) is 1. The lowest BCUT2D eigenvalue weighted by molar-refractivity contribution is -0.144. The molecule has 1 rings (SSSR count). The van der Waals surface area contributed by atoms with Gasteiger partial charge in [-0.1, -0.05) is 0 Å². The van der Waals surface area contributed by atoms with Crippen molar-refractivity contribution in [3.05, 3.63) is 11.1 Å². The Morgan fingerprint density at radius 3 is 2.88 bits per heavy atom. The molecule has 6 nitrogen and oxygen atoms in total. The molecule has 0 saturated carbocycles. The minimum atomic E-state index is -0.659. The number of nitrogens with two attached hydrogens (primary N) is 1. The highest BCUT2D eigenvalue weighted by Gasteiger charge is 2.16. The van der Waals surface area contributed by atoms with Gasteiger partial charge in [0.15, 0.2) is 5.13 Å². The van der Waals surface area contributed by atoms with E-state index in [9.17, 15) is 9.59 Å². The van der Waals surface area contributed by atoms with Crippen LogP contribution >= 0.6 is 11.3 Å². The molecule has 0 aliphatic heterocycles. The van der Waals surface area contributed by atoms with Crippen molar-refractivity contribution in [3.8, 4) is 0 Å². The molecule has 1 heterocycles. The summed E-state index contributed by atoms with van der Waals surface area (Å²) in [4.78, 5) is 26.4. The molecule has 1 atom stereocenters. The maximum Gasteiger partial charge on any atom is 0.328 e. The van der Waals surface area contributed by atoms with Gasteiger partial charge in [-0.2, -0.15) is 0 Å². The van der Waals surface area contributed by atoms with Crippen LogP contribution < -0.4 is 11.1 Å². The second-order valence-electron chi connectivity index (χ2n) is 3.17. The number of aromatic nitrogens is 1. The lowest BCUT2D eigenvalue weighted by atomic mass is 10.3. The fourth-order valence-electron chi connectivity index (χ4n) is 1.10. The van der Waals surface area contributed by atoms with Crippen LogP contribution in [0.1, 0.15) is 12.6 Å². The minimum absolute atomic E-state index is 0.106. The summed E-state index contributed by atoms with van der Waals surface area (Å²) in [5.41, 5.74) is 6.02. The number of esters is 1. The van der Waals surface area contributed by atoms with Crippen LogP contribution in [0.2, 0.25) is 0 Å². The number of ether oxygens (including phenoxy) is 1. The second kappa shape index (κ2) is 5.45. The fraction of sp³-hybridized carbons (Fsp3) is 0.444. The highest BCUT2D eigenvalue weighted by Crippen LogP contribution is 2.11. The molecular weight excluding hydrogens is 230 g/mol. The minimum Gasteiger partial charge on any atom is -0.467 e. The molecule has 0 aromatic carbocycles. The first-order valence-electron chi connectivity index (χ1n) is 4.60. The highest BCUT2D eigenvalue weighted by atomic mass is 32.1. The maximum absolute atomic E-state index is 11.5. The number of thiazole rings is 1. The van der Waals surface area contributed by atoms with E-state index < -0.39 is 12.0 Å². The summed E-state index contributed by atoms with van der Waals surface area (Å²) < 4.78 is 4.48. The zero-order valence-corrected chi connectivity index (χ0v) is 9.84. The van der Waals surface area contributed by atoms with Crippen LogP contribution in [0.15, 0.2) is 5.38 Å². The summed E-state index contributed by atoms with van der Waals surface area (Å²) in [7, 11) is 1.27. The Balaban J connectivity index is 2.45. The van der Waals surface area contributed by atoms with Crippen molar-refractivity contribution in [2.75, 3.05) is 12.8 Å². The molecule has 0 bridgehead atoms. The molecule has 3 N–H and O–H groups in total.